The van der Waals surface area contributed by atoms with Gasteiger partial charge in [-0.25, -0.2) is 0 Å². The highest BCUT2D eigenvalue weighted by molar-refractivity contribution is 8.00. The normalized spacial score (nSPS) is 14.4. The minimum atomic E-state index is -0.441. The fourth-order valence-electron chi connectivity index (χ4n) is 1.13. The quantitative estimate of drug-likeness (QED) is 0.462. The predicted octanol–water partition coefficient (Wildman–Crippen LogP) is 1.40. The summed E-state index contributed by atoms with van der Waals surface area (Å²) in [6.45, 7) is 1.80. The van der Waals surface area contributed by atoms with Gasteiger partial charge >= 0.3 is 0 Å². The molecule has 2 atom stereocenters. The number of aliphatic hydroxyl groups is 1. The molecule has 5 nitrogen and oxygen atoms in total. The van der Waals surface area contributed by atoms with E-state index in [2.05, 4.69) is 0 Å². The Hall–Kier alpha value is -1.11. The molecule has 16 heavy (non-hydrogen) atoms. The SMILES string of the molecule is CC(N)C(CO)Sc1ccc([N+](=O)[O-])cc1. The molecule has 1 aromatic carbocycles. The molecule has 88 valence electrons. The Balaban J connectivity index is 2.71. The topological polar surface area (TPSA) is 89.4 Å². The van der Waals surface area contributed by atoms with Crippen molar-refractivity contribution in [2.24, 2.45) is 5.73 Å². The van der Waals surface area contributed by atoms with Crippen molar-refractivity contribution < 1.29 is 10.0 Å². The minimum Gasteiger partial charge on any atom is -0.395 e. The molecular formula is C10H14N2O3S. The summed E-state index contributed by atoms with van der Waals surface area (Å²) in [5.74, 6) is 0. The van der Waals surface area contributed by atoms with E-state index in [1.165, 1.54) is 23.9 Å². The lowest BCUT2D eigenvalue weighted by molar-refractivity contribution is -0.384. The van der Waals surface area contributed by atoms with Crippen molar-refractivity contribution >= 4 is 17.4 Å². The summed E-state index contributed by atoms with van der Waals surface area (Å²) in [5.41, 5.74) is 5.74. The summed E-state index contributed by atoms with van der Waals surface area (Å²) in [7, 11) is 0. The monoisotopic (exact) mass is 242 g/mol. The van der Waals surface area contributed by atoms with E-state index in [1.807, 2.05) is 6.92 Å². The van der Waals surface area contributed by atoms with E-state index in [1.54, 1.807) is 12.1 Å². The number of nitrogens with two attached hydrogens (primary N) is 1. The zero-order chi connectivity index (χ0) is 12.1. The molecule has 0 aromatic heterocycles. The molecule has 0 radical (unpaired) electrons. The van der Waals surface area contributed by atoms with Gasteiger partial charge in [0.05, 0.1) is 11.5 Å². The minimum absolute atomic E-state index is 0.0146. The van der Waals surface area contributed by atoms with E-state index < -0.39 is 4.92 Å². The van der Waals surface area contributed by atoms with Gasteiger partial charge in [-0.1, -0.05) is 0 Å². The number of aliphatic hydroxyl groups excluding tert-OH is 1. The number of nitro groups is 1. The zero-order valence-electron chi connectivity index (χ0n) is 8.87. The van der Waals surface area contributed by atoms with Gasteiger partial charge in [-0.3, -0.25) is 10.1 Å². The van der Waals surface area contributed by atoms with Gasteiger partial charge in [0.15, 0.2) is 0 Å². The lowest BCUT2D eigenvalue weighted by Gasteiger charge is -2.17. The van der Waals surface area contributed by atoms with Crippen LogP contribution in [0.25, 0.3) is 0 Å². The van der Waals surface area contributed by atoms with Crippen LogP contribution in [0.1, 0.15) is 6.92 Å². The number of non-ortho nitro benzene ring substituents is 1. The summed E-state index contributed by atoms with van der Waals surface area (Å²) in [6.07, 6.45) is 0. The molecule has 0 fully saturated rings. The zero-order valence-corrected chi connectivity index (χ0v) is 9.68. The number of nitrogens with zero attached hydrogens (tertiary/aromatic N) is 1. The number of hydrogen-bond donors (Lipinski definition) is 2. The summed E-state index contributed by atoms with van der Waals surface area (Å²) in [4.78, 5) is 10.9. The van der Waals surface area contributed by atoms with Crippen LogP contribution in [0.5, 0.6) is 0 Å². The fourth-order valence-corrected chi connectivity index (χ4v) is 2.06. The first kappa shape index (κ1) is 13.0. The first-order valence-corrected chi connectivity index (χ1v) is 5.70. The number of hydrogen-bond acceptors (Lipinski definition) is 5. The van der Waals surface area contributed by atoms with Crippen LogP contribution in [-0.4, -0.2) is 27.9 Å². The second-order valence-electron chi connectivity index (χ2n) is 3.45. The van der Waals surface area contributed by atoms with E-state index in [0.717, 1.165) is 4.90 Å². The lowest BCUT2D eigenvalue weighted by Crippen LogP contribution is -2.31. The molecule has 6 heteroatoms. The lowest BCUT2D eigenvalue weighted by atomic mass is 10.3. The van der Waals surface area contributed by atoms with E-state index >= 15 is 0 Å². The highest BCUT2D eigenvalue weighted by atomic mass is 32.2. The molecule has 0 spiro atoms. The Morgan fingerprint density at radius 3 is 2.44 bits per heavy atom. The molecule has 0 amide bonds. The van der Waals surface area contributed by atoms with Crippen molar-refractivity contribution in [2.45, 2.75) is 23.1 Å². The van der Waals surface area contributed by atoms with Crippen molar-refractivity contribution in [3.8, 4) is 0 Å². The number of thioether (sulfide) groups is 1. The predicted molar refractivity (Wildman–Crippen MR) is 63.5 cm³/mol. The van der Waals surface area contributed by atoms with Crippen LogP contribution >= 0.6 is 11.8 Å². The van der Waals surface area contributed by atoms with E-state index in [0.29, 0.717) is 0 Å². The Labute approximate surface area is 97.8 Å². The van der Waals surface area contributed by atoms with Gasteiger partial charge in [0.2, 0.25) is 0 Å². The van der Waals surface area contributed by atoms with Crippen molar-refractivity contribution in [3.63, 3.8) is 0 Å². The average Bonchev–Trinajstić information content (AvgIpc) is 2.26. The number of nitro benzene ring substituents is 1. The standard InChI is InChI=1S/C10H14N2O3S/c1-7(11)10(6-13)16-9-4-2-8(3-5-9)12(14)15/h2-5,7,10,13H,6,11H2,1H3. The van der Waals surface area contributed by atoms with Crippen LogP contribution < -0.4 is 5.73 Å². The Morgan fingerprint density at radius 1 is 1.50 bits per heavy atom. The van der Waals surface area contributed by atoms with Gasteiger partial charge in [-0.15, -0.1) is 11.8 Å². The van der Waals surface area contributed by atoms with Gasteiger partial charge in [-0.05, 0) is 19.1 Å². The molecule has 0 heterocycles. The summed E-state index contributed by atoms with van der Waals surface area (Å²) in [6, 6.07) is 6.07. The van der Waals surface area contributed by atoms with E-state index in [9.17, 15) is 10.1 Å². The highest BCUT2D eigenvalue weighted by Crippen LogP contribution is 2.26. The third-order valence-electron chi connectivity index (χ3n) is 2.10. The van der Waals surface area contributed by atoms with Crippen LogP contribution in [0, 0.1) is 10.1 Å². The molecule has 0 saturated carbocycles. The second kappa shape index (κ2) is 5.83. The molecule has 0 bridgehead atoms. The molecule has 0 aliphatic rings. The highest BCUT2D eigenvalue weighted by Gasteiger charge is 2.14. The first-order chi connectivity index (χ1) is 7.54. The number of benzene rings is 1. The Morgan fingerprint density at radius 2 is 2.06 bits per heavy atom. The van der Waals surface area contributed by atoms with Gasteiger partial charge < -0.3 is 10.8 Å². The van der Waals surface area contributed by atoms with Crippen LogP contribution in [0.15, 0.2) is 29.2 Å². The first-order valence-electron chi connectivity index (χ1n) is 4.82. The average molecular weight is 242 g/mol. The molecule has 3 N–H and O–H groups in total. The van der Waals surface area contributed by atoms with E-state index in [4.69, 9.17) is 10.8 Å². The van der Waals surface area contributed by atoms with Crippen LogP contribution in [0.3, 0.4) is 0 Å². The Bertz CT molecular complexity index is 354. The van der Waals surface area contributed by atoms with E-state index in [-0.39, 0.29) is 23.6 Å². The number of rotatable bonds is 5. The van der Waals surface area contributed by atoms with Crippen LogP contribution in [0.2, 0.25) is 0 Å². The van der Waals surface area contributed by atoms with Crippen molar-refractivity contribution in [3.05, 3.63) is 34.4 Å². The van der Waals surface area contributed by atoms with Gasteiger partial charge in [0.1, 0.15) is 0 Å². The molecule has 2 unspecified atom stereocenters. The maximum atomic E-state index is 10.4. The largest absolute Gasteiger partial charge is 0.395 e. The van der Waals surface area contributed by atoms with Crippen LogP contribution in [0.4, 0.5) is 5.69 Å². The third-order valence-corrected chi connectivity index (χ3v) is 3.53. The Kier molecular flexibility index (Phi) is 4.72. The summed E-state index contributed by atoms with van der Waals surface area (Å²) >= 11 is 1.42. The summed E-state index contributed by atoms with van der Waals surface area (Å²) in [5, 5.41) is 19.4. The maximum Gasteiger partial charge on any atom is 0.269 e. The summed E-state index contributed by atoms with van der Waals surface area (Å²) < 4.78 is 0. The van der Waals surface area contributed by atoms with Gasteiger partial charge in [-0.2, -0.15) is 0 Å². The fraction of sp³-hybridized carbons (Fsp3) is 0.400. The molecular weight excluding hydrogens is 228 g/mol. The molecule has 0 aliphatic heterocycles. The molecule has 0 aliphatic carbocycles. The maximum absolute atomic E-state index is 10.4. The third kappa shape index (κ3) is 3.48. The molecule has 1 aromatic rings. The van der Waals surface area contributed by atoms with Crippen LogP contribution in [-0.2, 0) is 0 Å². The van der Waals surface area contributed by atoms with Crippen molar-refractivity contribution in [1.82, 2.24) is 0 Å². The van der Waals surface area contributed by atoms with Gasteiger partial charge in [0, 0.05) is 28.3 Å². The van der Waals surface area contributed by atoms with Crippen molar-refractivity contribution in [1.29, 1.82) is 0 Å². The molecule has 0 saturated heterocycles. The van der Waals surface area contributed by atoms with Gasteiger partial charge in [0.25, 0.3) is 5.69 Å². The second-order valence-corrected chi connectivity index (χ2v) is 4.76. The smallest absolute Gasteiger partial charge is 0.269 e. The molecule has 1 rings (SSSR count). The van der Waals surface area contributed by atoms with Crippen molar-refractivity contribution in [2.75, 3.05) is 6.61 Å².